The Balaban J connectivity index is 1.54. The smallest absolute Gasteiger partial charge is 0.236 e. The van der Waals surface area contributed by atoms with Gasteiger partial charge in [-0.3, -0.25) is 9.69 Å². The van der Waals surface area contributed by atoms with Gasteiger partial charge in [0.15, 0.2) is 5.65 Å². The Hall–Kier alpha value is -1.95. The van der Waals surface area contributed by atoms with E-state index in [4.69, 9.17) is 4.98 Å². The molecule has 2 aromatic heterocycles. The summed E-state index contributed by atoms with van der Waals surface area (Å²) in [5.74, 6) is 0.278. The molecule has 2 aromatic rings. The van der Waals surface area contributed by atoms with E-state index in [1.807, 2.05) is 28.6 Å². The summed E-state index contributed by atoms with van der Waals surface area (Å²) in [5.41, 5.74) is 2.93. The minimum atomic E-state index is 0.241. The molecule has 128 valence electrons. The van der Waals surface area contributed by atoms with Gasteiger partial charge in [-0.1, -0.05) is 6.42 Å². The van der Waals surface area contributed by atoms with Gasteiger partial charge in [0.05, 0.1) is 24.0 Å². The average Bonchev–Trinajstić information content (AvgIpc) is 3.23. The zero-order valence-electron chi connectivity index (χ0n) is 14.3. The van der Waals surface area contributed by atoms with Gasteiger partial charge in [0.2, 0.25) is 5.91 Å². The Kier molecular flexibility index (Phi) is 4.22. The third kappa shape index (κ3) is 3.02. The summed E-state index contributed by atoms with van der Waals surface area (Å²) in [5, 5.41) is 4.40. The zero-order chi connectivity index (χ0) is 16.5. The third-order valence-electron chi connectivity index (χ3n) is 5.22. The van der Waals surface area contributed by atoms with Crippen LogP contribution in [0.4, 0.5) is 0 Å². The highest BCUT2D eigenvalue weighted by molar-refractivity contribution is 5.78. The Bertz CT molecular complexity index is 734. The van der Waals surface area contributed by atoms with Gasteiger partial charge in [0.1, 0.15) is 0 Å². The van der Waals surface area contributed by atoms with Crippen molar-refractivity contribution in [1.82, 2.24) is 24.4 Å². The van der Waals surface area contributed by atoms with E-state index in [1.165, 1.54) is 6.42 Å². The SMILES string of the molecule is Cc1cc2nc([C@@H]3CCCCN3CC(=O)N3CCCC3)ccn2n1. The highest BCUT2D eigenvalue weighted by atomic mass is 16.2. The fourth-order valence-electron chi connectivity index (χ4n) is 3.95. The summed E-state index contributed by atoms with van der Waals surface area (Å²) >= 11 is 0. The summed E-state index contributed by atoms with van der Waals surface area (Å²) < 4.78 is 1.82. The van der Waals surface area contributed by atoms with E-state index in [1.54, 1.807) is 0 Å². The number of hydrogen-bond donors (Lipinski definition) is 0. The molecule has 0 aliphatic carbocycles. The van der Waals surface area contributed by atoms with Crippen molar-refractivity contribution in [1.29, 1.82) is 0 Å². The fraction of sp³-hybridized carbons (Fsp3) is 0.611. The molecule has 4 heterocycles. The van der Waals surface area contributed by atoms with Crippen LogP contribution in [0.3, 0.4) is 0 Å². The highest BCUT2D eigenvalue weighted by Crippen LogP contribution is 2.30. The van der Waals surface area contributed by atoms with Crippen LogP contribution in [0.15, 0.2) is 18.3 Å². The number of amides is 1. The molecular weight excluding hydrogens is 302 g/mol. The predicted molar refractivity (Wildman–Crippen MR) is 91.7 cm³/mol. The number of carbonyl (C=O) groups excluding carboxylic acids is 1. The van der Waals surface area contributed by atoms with Crippen LogP contribution >= 0.6 is 0 Å². The van der Waals surface area contributed by atoms with Crippen molar-refractivity contribution in [3.05, 3.63) is 29.7 Å². The first kappa shape index (κ1) is 15.6. The Morgan fingerprint density at radius 2 is 2.00 bits per heavy atom. The minimum Gasteiger partial charge on any atom is -0.342 e. The van der Waals surface area contributed by atoms with Crippen LogP contribution in [0.25, 0.3) is 5.65 Å². The van der Waals surface area contributed by atoms with Gasteiger partial charge in [-0.2, -0.15) is 5.10 Å². The van der Waals surface area contributed by atoms with Gasteiger partial charge in [0.25, 0.3) is 0 Å². The van der Waals surface area contributed by atoms with E-state index in [0.717, 1.165) is 62.4 Å². The van der Waals surface area contributed by atoms with E-state index in [-0.39, 0.29) is 11.9 Å². The van der Waals surface area contributed by atoms with Crippen molar-refractivity contribution in [2.75, 3.05) is 26.2 Å². The number of carbonyl (C=O) groups is 1. The lowest BCUT2D eigenvalue weighted by Crippen LogP contribution is -2.42. The van der Waals surface area contributed by atoms with Gasteiger partial charge in [-0.15, -0.1) is 0 Å². The molecule has 0 unspecified atom stereocenters. The summed E-state index contributed by atoms with van der Waals surface area (Å²) in [6, 6.07) is 4.31. The van der Waals surface area contributed by atoms with Crippen LogP contribution in [-0.4, -0.2) is 56.5 Å². The van der Waals surface area contributed by atoms with Gasteiger partial charge in [-0.05, 0) is 45.2 Å². The number of fused-ring (bicyclic) bond motifs is 1. The first-order valence-corrected chi connectivity index (χ1v) is 9.05. The largest absolute Gasteiger partial charge is 0.342 e. The zero-order valence-corrected chi connectivity index (χ0v) is 14.3. The number of piperidine rings is 1. The lowest BCUT2D eigenvalue weighted by Gasteiger charge is -2.35. The number of nitrogens with zero attached hydrogens (tertiary/aromatic N) is 5. The number of hydrogen-bond acceptors (Lipinski definition) is 4. The van der Waals surface area contributed by atoms with E-state index < -0.39 is 0 Å². The summed E-state index contributed by atoms with van der Waals surface area (Å²) in [7, 11) is 0. The highest BCUT2D eigenvalue weighted by Gasteiger charge is 2.29. The molecule has 24 heavy (non-hydrogen) atoms. The lowest BCUT2D eigenvalue weighted by atomic mass is 9.99. The normalized spacial score (nSPS) is 22.4. The molecule has 0 radical (unpaired) electrons. The molecule has 0 spiro atoms. The van der Waals surface area contributed by atoms with Crippen molar-refractivity contribution >= 4 is 11.6 Å². The third-order valence-corrected chi connectivity index (χ3v) is 5.22. The van der Waals surface area contributed by atoms with Crippen molar-refractivity contribution < 1.29 is 4.79 Å². The van der Waals surface area contributed by atoms with E-state index >= 15 is 0 Å². The summed E-state index contributed by atoms with van der Waals surface area (Å²) in [6.07, 6.45) is 7.72. The van der Waals surface area contributed by atoms with Crippen LogP contribution in [0.1, 0.15) is 49.5 Å². The topological polar surface area (TPSA) is 53.7 Å². The van der Waals surface area contributed by atoms with Crippen molar-refractivity contribution in [3.8, 4) is 0 Å². The molecule has 4 rings (SSSR count). The summed E-state index contributed by atoms with van der Waals surface area (Å²) in [6.45, 7) is 5.34. The van der Waals surface area contributed by atoms with E-state index in [0.29, 0.717) is 6.54 Å². The maximum absolute atomic E-state index is 12.6. The van der Waals surface area contributed by atoms with Gasteiger partial charge in [0, 0.05) is 25.4 Å². The molecule has 6 nitrogen and oxygen atoms in total. The lowest BCUT2D eigenvalue weighted by molar-refractivity contribution is -0.132. The molecule has 1 atom stereocenters. The molecule has 2 aliphatic rings. The molecule has 2 aliphatic heterocycles. The van der Waals surface area contributed by atoms with Gasteiger partial charge in [-0.25, -0.2) is 9.50 Å². The number of aromatic nitrogens is 3. The van der Waals surface area contributed by atoms with Crippen molar-refractivity contribution in [3.63, 3.8) is 0 Å². The first-order valence-electron chi connectivity index (χ1n) is 9.05. The quantitative estimate of drug-likeness (QED) is 0.867. The second-order valence-corrected chi connectivity index (χ2v) is 7.01. The van der Waals surface area contributed by atoms with Crippen LogP contribution in [0, 0.1) is 6.92 Å². The van der Waals surface area contributed by atoms with Crippen molar-refractivity contribution in [2.45, 2.75) is 45.1 Å². The molecule has 2 fully saturated rings. The second kappa shape index (κ2) is 6.51. The van der Waals surface area contributed by atoms with Crippen LogP contribution in [0.5, 0.6) is 0 Å². The maximum atomic E-state index is 12.6. The minimum absolute atomic E-state index is 0.241. The maximum Gasteiger partial charge on any atom is 0.236 e. The number of rotatable bonds is 3. The van der Waals surface area contributed by atoms with Crippen LogP contribution in [0.2, 0.25) is 0 Å². The standard InChI is InChI=1S/C18H25N5O/c1-14-12-17-19-15(7-11-23(17)20-14)16-6-2-3-10-22(16)13-18(24)21-8-4-5-9-21/h7,11-12,16H,2-6,8-10,13H2,1H3/t16-/m0/s1. The van der Waals surface area contributed by atoms with Gasteiger partial charge >= 0.3 is 0 Å². The molecule has 2 saturated heterocycles. The molecule has 0 N–H and O–H groups in total. The second-order valence-electron chi connectivity index (χ2n) is 7.01. The van der Waals surface area contributed by atoms with E-state index in [9.17, 15) is 4.79 Å². The van der Waals surface area contributed by atoms with Crippen LogP contribution < -0.4 is 0 Å². The van der Waals surface area contributed by atoms with E-state index in [2.05, 4.69) is 16.1 Å². The van der Waals surface area contributed by atoms with Crippen LogP contribution in [-0.2, 0) is 4.79 Å². The first-order chi connectivity index (χ1) is 11.7. The van der Waals surface area contributed by atoms with Gasteiger partial charge < -0.3 is 4.90 Å². The molecule has 1 amide bonds. The molecule has 0 bridgehead atoms. The predicted octanol–water partition coefficient (Wildman–Crippen LogP) is 2.19. The average molecular weight is 327 g/mol. The number of aryl methyl sites for hydroxylation is 1. The molecular formula is C18H25N5O. The fourth-order valence-corrected chi connectivity index (χ4v) is 3.95. The molecule has 6 heteroatoms. The number of likely N-dealkylation sites (tertiary alicyclic amines) is 2. The molecule has 0 aromatic carbocycles. The Morgan fingerprint density at radius 3 is 2.83 bits per heavy atom. The Labute approximate surface area is 142 Å². The van der Waals surface area contributed by atoms with Crippen molar-refractivity contribution in [2.24, 2.45) is 0 Å². The Morgan fingerprint density at radius 1 is 1.21 bits per heavy atom. The molecule has 0 saturated carbocycles. The summed E-state index contributed by atoms with van der Waals surface area (Å²) in [4.78, 5) is 21.7. The monoisotopic (exact) mass is 327 g/mol.